The second kappa shape index (κ2) is 7.82. The normalized spacial score (nSPS) is 21.9. The van der Waals surface area contributed by atoms with Crippen molar-refractivity contribution in [3.8, 4) is 0 Å². The predicted octanol–water partition coefficient (Wildman–Crippen LogP) is 2.45. The first-order chi connectivity index (χ1) is 15.0. The summed E-state index contributed by atoms with van der Waals surface area (Å²) in [6.45, 7) is 2.79. The molecule has 164 valence electrons. The van der Waals surface area contributed by atoms with Gasteiger partial charge in [-0.05, 0) is 25.8 Å². The summed E-state index contributed by atoms with van der Waals surface area (Å²) in [5, 5.41) is 13.4. The van der Waals surface area contributed by atoms with E-state index in [0.717, 1.165) is 29.9 Å². The number of ether oxygens (including phenoxy) is 3. The van der Waals surface area contributed by atoms with Crippen LogP contribution in [0.25, 0.3) is 5.65 Å². The number of hydrogen-bond acceptors (Lipinski definition) is 8. The Labute approximate surface area is 178 Å². The number of hydrogen-bond donors (Lipinski definition) is 3. The molecule has 1 aliphatic carbocycles. The van der Waals surface area contributed by atoms with E-state index in [9.17, 15) is 4.79 Å². The smallest absolute Gasteiger partial charge is 0.407 e. The molecule has 2 fully saturated rings. The van der Waals surface area contributed by atoms with E-state index >= 15 is 0 Å². The van der Waals surface area contributed by atoms with E-state index in [4.69, 9.17) is 14.2 Å². The third-order valence-electron chi connectivity index (χ3n) is 5.55. The zero-order valence-electron chi connectivity index (χ0n) is 17.4. The molecule has 31 heavy (non-hydrogen) atoms. The maximum absolute atomic E-state index is 12.0. The van der Waals surface area contributed by atoms with Gasteiger partial charge in [0.25, 0.3) is 0 Å². The summed E-state index contributed by atoms with van der Waals surface area (Å²) >= 11 is 0. The molecule has 1 saturated heterocycles. The fourth-order valence-electron chi connectivity index (χ4n) is 3.60. The van der Waals surface area contributed by atoms with Gasteiger partial charge in [0, 0.05) is 37.5 Å². The molecule has 0 bridgehead atoms. The minimum atomic E-state index is -0.381. The van der Waals surface area contributed by atoms with E-state index in [1.54, 1.807) is 13.3 Å². The third-order valence-corrected chi connectivity index (χ3v) is 5.55. The van der Waals surface area contributed by atoms with Gasteiger partial charge in [0.15, 0.2) is 5.82 Å². The number of aromatic nitrogens is 5. The molecule has 2 atom stereocenters. The average Bonchev–Trinajstić information content (AvgIpc) is 3.16. The van der Waals surface area contributed by atoms with Crippen molar-refractivity contribution < 1.29 is 19.0 Å². The number of carbonyl (C=O) groups excluding carboxylic acids is 1. The van der Waals surface area contributed by atoms with E-state index in [1.807, 2.05) is 29.7 Å². The highest BCUT2D eigenvalue weighted by Crippen LogP contribution is 2.35. The molecule has 1 amide bonds. The molecule has 0 radical (unpaired) electrons. The van der Waals surface area contributed by atoms with Crippen molar-refractivity contribution in [2.45, 2.75) is 50.5 Å². The third kappa shape index (κ3) is 4.32. The first-order valence-electron chi connectivity index (χ1n) is 10.3. The van der Waals surface area contributed by atoms with Crippen LogP contribution in [0.15, 0.2) is 24.5 Å². The predicted molar refractivity (Wildman–Crippen MR) is 110 cm³/mol. The highest BCUT2D eigenvalue weighted by molar-refractivity contribution is 5.69. The summed E-state index contributed by atoms with van der Waals surface area (Å²) in [4.78, 5) is 20.9. The summed E-state index contributed by atoms with van der Waals surface area (Å²) in [7, 11) is 1.63. The number of nitrogens with one attached hydrogen (secondary N) is 3. The van der Waals surface area contributed by atoms with E-state index in [1.165, 1.54) is 0 Å². The van der Waals surface area contributed by atoms with Gasteiger partial charge >= 0.3 is 6.09 Å². The molecular formula is C20H25N7O4. The van der Waals surface area contributed by atoms with Crippen molar-refractivity contribution in [3.63, 3.8) is 0 Å². The molecule has 5 rings (SSSR count). The molecule has 2 aliphatic rings. The van der Waals surface area contributed by atoms with Crippen molar-refractivity contribution in [1.29, 1.82) is 0 Å². The van der Waals surface area contributed by atoms with Crippen molar-refractivity contribution in [3.05, 3.63) is 35.9 Å². The number of alkyl carbamates (subject to hydrolysis) is 1. The lowest BCUT2D eigenvalue weighted by atomic mass is 10.1. The lowest BCUT2D eigenvalue weighted by Crippen LogP contribution is -2.37. The van der Waals surface area contributed by atoms with Crippen LogP contribution in [0, 0.1) is 0 Å². The van der Waals surface area contributed by atoms with Gasteiger partial charge < -0.3 is 24.8 Å². The topological polar surface area (TPSA) is 128 Å². The number of nitrogens with zero attached hydrogens (tertiary/aromatic N) is 4. The molecule has 3 N–H and O–H groups in total. The SMILES string of the molecule is COCc1cn2c(Nc3cc([C@@H]4C[C@H](OC(=O)NC5(C)CC5)CO4)[nH]n3)nccc2n1. The number of aromatic amines is 1. The van der Waals surface area contributed by atoms with E-state index < -0.39 is 0 Å². The Bertz CT molecular complexity index is 1090. The monoisotopic (exact) mass is 427 g/mol. The van der Waals surface area contributed by atoms with Gasteiger partial charge in [0.05, 0.1) is 24.6 Å². The average molecular weight is 427 g/mol. The van der Waals surface area contributed by atoms with Crippen molar-refractivity contribution in [2.24, 2.45) is 0 Å². The Morgan fingerprint density at radius 1 is 1.45 bits per heavy atom. The molecule has 4 heterocycles. The number of fused-ring (bicyclic) bond motifs is 1. The first kappa shape index (κ1) is 19.8. The minimum Gasteiger partial charge on any atom is -0.444 e. The lowest BCUT2D eigenvalue weighted by Gasteiger charge is -2.15. The van der Waals surface area contributed by atoms with Crippen LogP contribution in [-0.2, 0) is 20.8 Å². The maximum Gasteiger partial charge on any atom is 0.407 e. The molecule has 0 spiro atoms. The molecule has 0 aromatic carbocycles. The Morgan fingerprint density at radius 3 is 3.13 bits per heavy atom. The summed E-state index contributed by atoms with van der Waals surface area (Å²) in [6.07, 6.45) is 5.22. The zero-order chi connectivity index (χ0) is 21.4. The summed E-state index contributed by atoms with van der Waals surface area (Å²) < 4.78 is 18.3. The highest BCUT2D eigenvalue weighted by atomic mass is 16.6. The van der Waals surface area contributed by atoms with Crippen molar-refractivity contribution in [1.82, 2.24) is 29.9 Å². The number of H-pyrrole nitrogens is 1. The molecule has 11 nitrogen and oxygen atoms in total. The van der Waals surface area contributed by atoms with Gasteiger partial charge in [-0.1, -0.05) is 0 Å². The highest BCUT2D eigenvalue weighted by Gasteiger charge is 2.40. The second-order valence-electron chi connectivity index (χ2n) is 8.27. The standard InChI is InChI=1S/C20H25N7O4/c1-20(4-5-20)24-19(28)31-13-7-15(30-11-13)14-8-16(26-25-14)23-18-21-6-3-17-22-12(10-29-2)9-27(17)18/h3,6,8-9,13,15H,4-5,7,10-11H2,1-2H3,(H,24,28)(H2,21,23,25,26)/t13-,15-/m0/s1. The largest absolute Gasteiger partial charge is 0.444 e. The summed E-state index contributed by atoms with van der Waals surface area (Å²) in [6, 6.07) is 3.69. The number of methoxy groups -OCH3 is 1. The molecule has 3 aromatic heterocycles. The van der Waals surface area contributed by atoms with Gasteiger partial charge in [0.2, 0.25) is 5.95 Å². The van der Waals surface area contributed by atoms with Crippen LogP contribution in [0.3, 0.4) is 0 Å². The number of carbonyl (C=O) groups is 1. The molecule has 1 saturated carbocycles. The van der Waals surface area contributed by atoms with Gasteiger partial charge in [-0.2, -0.15) is 5.10 Å². The van der Waals surface area contributed by atoms with Gasteiger partial charge in [-0.15, -0.1) is 0 Å². The van der Waals surface area contributed by atoms with Crippen molar-refractivity contribution >= 4 is 23.5 Å². The number of rotatable bonds is 7. The van der Waals surface area contributed by atoms with Crippen LogP contribution in [0.1, 0.15) is 43.7 Å². The molecule has 1 aliphatic heterocycles. The van der Waals surface area contributed by atoms with E-state index in [0.29, 0.717) is 31.4 Å². The summed E-state index contributed by atoms with van der Waals surface area (Å²) in [5.74, 6) is 1.19. The fraction of sp³-hybridized carbons (Fsp3) is 0.500. The Hall–Kier alpha value is -3.18. The van der Waals surface area contributed by atoms with Gasteiger partial charge in [-0.3, -0.25) is 9.50 Å². The number of anilines is 2. The van der Waals surface area contributed by atoms with E-state index in [2.05, 4.69) is 30.8 Å². The number of imidazole rings is 1. The van der Waals surface area contributed by atoms with Gasteiger partial charge in [0.1, 0.15) is 17.9 Å². The number of amides is 1. The fourth-order valence-corrected chi connectivity index (χ4v) is 3.60. The Balaban J connectivity index is 1.22. The molecule has 11 heteroatoms. The van der Waals surface area contributed by atoms with Gasteiger partial charge in [-0.25, -0.2) is 14.8 Å². The van der Waals surface area contributed by atoms with Crippen LogP contribution < -0.4 is 10.6 Å². The molecular weight excluding hydrogens is 402 g/mol. The van der Waals surface area contributed by atoms with Crippen LogP contribution in [-0.4, -0.2) is 56.0 Å². The summed E-state index contributed by atoms with van der Waals surface area (Å²) in [5.41, 5.74) is 2.28. The quantitative estimate of drug-likeness (QED) is 0.525. The minimum absolute atomic E-state index is 0.101. The van der Waals surface area contributed by atoms with Crippen molar-refractivity contribution in [2.75, 3.05) is 19.0 Å². The van der Waals surface area contributed by atoms with Crippen LogP contribution in [0.5, 0.6) is 0 Å². The Morgan fingerprint density at radius 2 is 2.32 bits per heavy atom. The zero-order valence-corrected chi connectivity index (χ0v) is 17.4. The molecule has 3 aromatic rings. The van der Waals surface area contributed by atoms with Crippen LogP contribution in [0.2, 0.25) is 0 Å². The maximum atomic E-state index is 12.0. The Kier molecular flexibility index (Phi) is 4.98. The second-order valence-corrected chi connectivity index (χ2v) is 8.27. The van der Waals surface area contributed by atoms with E-state index in [-0.39, 0.29) is 23.8 Å². The van der Waals surface area contributed by atoms with Crippen LogP contribution in [0.4, 0.5) is 16.6 Å². The molecule has 0 unspecified atom stereocenters. The first-order valence-corrected chi connectivity index (χ1v) is 10.3. The van der Waals surface area contributed by atoms with Crippen LogP contribution >= 0.6 is 0 Å². The lowest BCUT2D eigenvalue weighted by molar-refractivity contribution is 0.0675.